The first kappa shape index (κ1) is 17.5. The van der Waals surface area contributed by atoms with E-state index in [9.17, 15) is 13.2 Å². The molecule has 6 nitrogen and oxygen atoms in total. The highest BCUT2D eigenvalue weighted by atomic mass is 32.2. The summed E-state index contributed by atoms with van der Waals surface area (Å²) < 4.78 is 30.6. The van der Waals surface area contributed by atoms with Gasteiger partial charge in [0, 0.05) is 6.54 Å². The number of nitrogens with two attached hydrogens (primary N) is 1. The van der Waals surface area contributed by atoms with Gasteiger partial charge in [-0.25, -0.2) is 13.1 Å². The van der Waals surface area contributed by atoms with Crippen molar-refractivity contribution in [1.82, 2.24) is 4.72 Å². The highest BCUT2D eigenvalue weighted by Gasteiger charge is 2.18. The van der Waals surface area contributed by atoms with Crippen LogP contribution in [-0.4, -0.2) is 33.2 Å². The van der Waals surface area contributed by atoms with Gasteiger partial charge in [0.2, 0.25) is 15.9 Å². The fourth-order valence-corrected chi connectivity index (χ4v) is 2.44. The minimum atomic E-state index is -3.33. The first-order chi connectivity index (χ1) is 9.88. The Hall–Kier alpha value is -1.60. The van der Waals surface area contributed by atoms with Gasteiger partial charge in [0.05, 0.1) is 18.3 Å². The number of amides is 1. The number of ether oxygens (including phenoxy) is 1. The minimum Gasteiger partial charge on any atom is -0.494 e. The van der Waals surface area contributed by atoms with Crippen LogP contribution >= 0.6 is 0 Å². The van der Waals surface area contributed by atoms with Crippen LogP contribution in [0.25, 0.3) is 0 Å². The van der Waals surface area contributed by atoms with Crippen molar-refractivity contribution in [3.05, 3.63) is 29.8 Å². The summed E-state index contributed by atoms with van der Waals surface area (Å²) in [5.74, 6) is -0.378. The molecule has 0 aliphatic carbocycles. The molecule has 1 rings (SSSR count). The van der Waals surface area contributed by atoms with Crippen LogP contribution in [0.4, 0.5) is 0 Å². The third-order valence-electron chi connectivity index (χ3n) is 3.05. The molecule has 1 atom stereocenters. The average Bonchev–Trinajstić information content (AvgIpc) is 2.45. The number of benzene rings is 1. The number of primary amides is 1. The highest BCUT2D eigenvalue weighted by Crippen LogP contribution is 2.15. The predicted molar refractivity (Wildman–Crippen MR) is 81.5 cm³/mol. The van der Waals surface area contributed by atoms with Crippen molar-refractivity contribution in [2.45, 2.75) is 20.3 Å². The molecule has 1 aromatic rings. The van der Waals surface area contributed by atoms with Crippen LogP contribution in [0, 0.1) is 5.92 Å². The van der Waals surface area contributed by atoms with E-state index in [2.05, 4.69) is 4.72 Å². The van der Waals surface area contributed by atoms with E-state index in [-0.39, 0.29) is 12.3 Å². The van der Waals surface area contributed by atoms with E-state index >= 15 is 0 Å². The molecule has 0 saturated heterocycles. The fourth-order valence-electron chi connectivity index (χ4n) is 1.78. The van der Waals surface area contributed by atoms with Gasteiger partial charge >= 0.3 is 0 Å². The molecule has 0 bridgehead atoms. The topological polar surface area (TPSA) is 98.5 Å². The molecule has 1 amide bonds. The van der Waals surface area contributed by atoms with Crippen molar-refractivity contribution in [2.75, 3.05) is 18.9 Å². The number of rotatable bonds is 9. The molecule has 1 unspecified atom stereocenters. The maximum atomic E-state index is 11.4. The van der Waals surface area contributed by atoms with Gasteiger partial charge in [0.25, 0.3) is 0 Å². The molecule has 21 heavy (non-hydrogen) atoms. The molecule has 1 aromatic carbocycles. The number of nitrogens with one attached hydrogen (secondary N) is 1. The number of hydrogen-bond acceptors (Lipinski definition) is 4. The Morgan fingerprint density at radius 1 is 1.29 bits per heavy atom. The normalized spacial score (nSPS) is 12.9. The van der Waals surface area contributed by atoms with Gasteiger partial charge in [-0.3, -0.25) is 4.79 Å². The summed E-state index contributed by atoms with van der Waals surface area (Å²) in [6.45, 7) is 4.03. The number of carbonyl (C=O) groups excluding carboxylic acids is 1. The summed E-state index contributed by atoms with van der Waals surface area (Å²) in [5.41, 5.74) is 6.24. The highest BCUT2D eigenvalue weighted by molar-refractivity contribution is 7.89. The molecule has 3 N–H and O–H groups in total. The first-order valence-corrected chi connectivity index (χ1v) is 8.51. The summed E-state index contributed by atoms with van der Waals surface area (Å²) >= 11 is 0. The Kier molecular flexibility index (Phi) is 6.64. The zero-order valence-electron chi connectivity index (χ0n) is 12.3. The fraction of sp³-hybridized carbons (Fsp3) is 0.500. The number of hydrogen-bond donors (Lipinski definition) is 2. The minimum absolute atomic E-state index is 0.0126. The van der Waals surface area contributed by atoms with Gasteiger partial charge in [-0.2, -0.15) is 0 Å². The maximum absolute atomic E-state index is 11.4. The van der Waals surface area contributed by atoms with Crippen molar-refractivity contribution in [1.29, 1.82) is 0 Å². The molecule has 0 aromatic heterocycles. The van der Waals surface area contributed by atoms with Crippen molar-refractivity contribution >= 4 is 15.9 Å². The molecule has 0 aliphatic heterocycles. The largest absolute Gasteiger partial charge is 0.494 e. The Morgan fingerprint density at radius 2 is 1.90 bits per heavy atom. The summed E-state index contributed by atoms with van der Waals surface area (Å²) in [6, 6.07) is 7.31. The van der Waals surface area contributed by atoms with Crippen molar-refractivity contribution in [3.63, 3.8) is 0 Å². The number of carbonyl (C=O) groups is 1. The van der Waals surface area contributed by atoms with E-state index in [4.69, 9.17) is 10.5 Å². The van der Waals surface area contributed by atoms with Crippen LogP contribution in [0.15, 0.2) is 24.3 Å². The van der Waals surface area contributed by atoms with Crippen molar-refractivity contribution < 1.29 is 17.9 Å². The monoisotopic (exact) mass is 314 g/mol. The smallest absolute Gasteiger partial charge is 0.222 e. The van der Waals surface area contributed by atoms with Gasteiger partial charge < -0.3 is 10.5 Å². The molecule has 0 fully saturated rings. The van der Waals surface area contributed by atoms with Crippen LogP contribution in [0.5, 0.6) is 5.75 Å². The molecule has 0 radical (unpaired) electrons. The van der Waals surface area contributed by atoms with Gasteiger partial charge in [-0.15, -0.1) is 0 Å². The summed E-state index contributed by atoms with van der Waals surface area (Å²) in [7, 11) is -3.33. The van der Waals surface area contributed by atoms with Crippen LogP contribution in [0.1, 0.15) is 19.4 Å². The van der Waals surface area contributed by atoms with Crippen LogP contribution in [-0.2, 0) is 21.2 Å². The van der Waals surface area contributed by atoms with E-state index in [0.717, 1.165) is 11.3 Å². The molecule has 7 heteroatoms. The molecule has 0 saturated carbocycles. The molecule has 0 aliphatic rings. The second-order valence-electron chi connectivity index (χ2n) is 4.63. The second kappa shape index (κ2) is 7.99. The van der Waals surface area contributed by atoms with E-state index in [1.165, 1.54) is 6.92 Å². The van der Waals surface area contributed by atoms with Crippen LogP contribution < -0.4 is 15.2 Å². The predicted octanol–water partition coefficient (Wildman–Crippen LogP) is 0.669. The van der Waals surface area contributed by atoms with Gasteiger partial charge in [0.1, 0.15) is 5.75 Å². The van der Waals surface area contributed by atoms with E-state index in [1.54, 1.807) is 0 Å². The number of sulfonamides is 1. The second-order valence-corrected chi connectivity index (χ2v) is 6.73. The lowest BCUT2D eigenvalue weighted by molar-refractivity contribution is -0.121. The Labute approximate surface area is 125 Å². The molecule has 118 valence electrons. The lowest BCUT2D eigenvalue weighted by Gasteiger charge is -2.14. The summed E-state index contributed by atoms with van der Waals surface area (Å²) in [6.07, 6.45) is 0.383. The Balaban J connectivity index is 2.68. The quantitative estimate of drug-likeness (QED) is 0.700. The average molecular weight is 314 g/mol. The van der Waals surface area contributed by atoms with Gasteiger partial charge in [-0.1, -0.05) is 12.1 Å². The maximum Gasteiger partial charge on any atom is 0.222 e. The van der Waals surface area contributed by atoms with Gasteiger partial charge in [-0.05, 0) is 38.0 Å². The third kappa shape index (κ3) is 6.14. The lowest BCUT2D eigenvalue weighted by atomic mass is 9.99. The standard InChI is InChI=1S/C14H22N2O4S/c1-3-20-13-7-5-11(6-8-13)9-12(14(15)17)10-16-21(18,19)4-2/h5-8,12,16H,3-4,9-10H2,1-2H3,(H2,15,17). The summed E-state index contributed by atoms with van der Waals surface area (Å²) in [4.78, 5) is 11.4. The van der Waals surface area contributed by atoms with Gasteiger partial charge in [0.15, 0.2) is 0 Å². The first-order valence-electron chi connectivity index (χ1n) is 6.86. The molecule has 0 heterocycles. The Bertz CT molecular complexity index is 555. The van der Waals surface area contributed by atoms with Crippen molar-refractivity contribution in [3.8, 4) is 5.75 Å². The van der Waals surface area contributed by atoms with Crippen LogP contribution in [0.3, 0.4) is 0 Å². The third-order valence-corrected chi connectivity index (χ3v) is 4.42. The van der Waals surface area contributed by atoms with E-state index < -0.39 is 21.8 Å². The molecular formula is C14H22N2O4S. The lowest BCUT2D eigenvalue weighted by Crippen LogP contribution is -2.37. The zero-order chi connectivity index (χ0) is 15.9. The van der Waals surface area contributed by atoms with E-state index in [0.29, 0.717) is 13.0 Å². The zero-order valence-corrected chi connectivity index (χ0v) is 13.2. The SMILES string of the molecule is CCOc1ccc(CC(CNS(=O)(=O)CC)C(N)=O)cc1. The van der Waals surface area contributed by atoms with E-state index in [1.807, 2.05) is 31.2 Å². The van der Waals surface area contributed by atoms with Crippen molar-refractivity contribution in [2.24, 2.45) is 11.7 Å². The Morgan fingerprint density at radius 3 is 2.38 bits per heavy atom. The molecule has 0 spiro atoms. The van der Waals surface area contributed by atoms with Crippen LogP contribution in [0.2, 0.25) is 0 Å². The summed E-state index contributed by atoms with van der Waals surface area (Å²) in [5, 5.41) is 0. The molecular weight excluding hydrogens is 292 g/mol.